The van der Waals surface area contributed by atoms with Gasteiger partial charge in [0.25, 0.3) is 0 Å². The van der Waals surface area contributed by atoms with Crippen LogP contribution in [0.25, 0.3) is 0 Å². The molecule has 0 spiro atoms. The monoisotopic (exact) mass is 368 g/mol. The Morgan fingerprint density at radius 1 is 0.917 bits per heavy atom. The zero-order valence-corrected chi connectivity index (χ0v) is 15.1. The summed E-state index contributed by atoms with van der Waals surface area (Å²) in [4.78, 5) is 0.152. The maximum atomic E-state index is 12.2. The van der Waals surface area contributed by atoms with Crippen LogP contribution in [0.4, 0.5) is 5.69 Å². The number of sulfonamides is 2. The van der Waals surface area contributed by atoms with E-state index in [1.165, 1.54) is 16.4 Å². The third-order valence-electron chi connectivity index (χ3n) is 3.38. The minimum Gasteiger partial charge on any atom is -0.269 e. The number of benzene rings is 2. The summed E-state index contributed by atoms with van der Waals surface area (Å²) in [5.74, 6) is 0. The summed E-state index contributed by atoms with van der Waals surface area (Å²) < 4.78 is 52.0. The van der Waals surface area contributed by atoms with Crippen molar-refractivity contribution < 1.29 is 16.8 Å². The highest BCUT2D eigenvalue weighted by atomic mass is 32.2. The first-order valence-corrected chi connectivity index (χ1v) is 10.6. The van der Waals surface area contributed by atoms with Crippen molar-refractivity contribution in [2.24, 2.45) is 0 Å². The molecule has 0 atom stereocenters. The number of para-hydroxylation sites is 1. The lowest BCUT2D eigenvalue weighted by atomic mass is 10.2. The predicted molar refractivity (Wildman–Crippen MR) is 95.0 cm³/mol. The second kappa shape index (κ2) is 7.33. The first kappa shape index (κ1) is 18.4. The number of hydrogen-bond donors (Lipinski definition) is 1. The topological polar surface area (TPSA) is 83.6 Å². The van der Waals surface area contributed by atoms with Crippen LogP contribution in [-0.2, 0) is 20.0 Å². The van der Waals surface area contributed by atoms with Crippen molar-refractivity contribution in [3.8, 4) is 0 Å². The van der Waals surface area contributed by atoms with E-state index in [1.54, 1.807) is 42.5 Å². The first-order valence-electron chi connectivity index (χ1n) is 7.29. The van der Waals surface area contributed by atoms with E-state index in [2.05, 4.69) is 4.72 Å². The van der Waals surface area contributed by atoms with Crippen LogP contribution in [0.1, 0.15) is 5.56 Å². The van der Waals surface area contributed by atoms with Crippen LogP contribution >= 0.6 is 0 Å². The fourth-order valence-corrected chi connectivity index (χ4v) is 4.11. The molecule has 8 heteroatoms. The molecule has 0 amide bonds. The quantitative estimate of drug-likeness (QED) is 0.807. The summed E-state index contributed by atoms with van der Waals surface area (Å²) in [6.45, 7) is 1.85. The Morgan fingerprint density at radius 2 is 1.50 bits per heavy atom. The van der Waals surface area contributed by atoms with Gasteiger partial charge in [0.1, 0.15) is 0 Å². The van der Waals surface area contributed by atoms with Gasteiger partial charge in [0.15, 0.2) is 0 Å². The van der Waals surface area contributed by atoms with Gasteiger partial charge in [-0.25, -0.2) is 21.6 Å². The molecule has 0 aromatic heterocycles. The molecule has 0 aliphatic rings. The van der Waals surface area contributed by atoms with Gasteiger partial charge in [-0.05, 0) is 31.2 Å². The number of nitrogens with zero attached hydrogens (tertiary/aromatic N) is 1. The second-order valence-corrected chi connectivity index (χ2v) is 9.06. The normalized spacial score (nSPS) is 12.1. The highest BCUT2D eigenvalue weighted by molar-refractivity contribution is 7.92. The van der Waals surface area contributed by atoms with E-state index in [0.717, 1.165) is 11.8 Å². The molecule has 0 heterocycles. The van der Waals surface area contributed by atoms with Gasteiger partial charge in [-0.3, -0.25) is 4.31 Å². The van der Waals surface area contributed by atoms with Crippen LogP contribution in [0.5, 0.6) is 0 Å². The zero-order valence-electron chi connectivity index (χ0n) is 13.5. The average Bonchev–Trinajstić information content (AvgIpc) is 2.51. The van der Waals surface area contributed by atoms with Crippen LogP contribution in [0.15, 0.2) is 59.5 Å². The third kappa shape index (κ3) is 4.80. The Hall–Kier alpha value is -1.90. The fraction of sp³-hybridized carbons (Fsp3) is 0.250. The van der Waals surface area contributed by atoms with Crippen LogP contribution in [0.3, 0.4) is 0 Å². The van der Waals surface area contributed by atoms with E-state index < -0.39 is 20.0 Å². The van der Waals surface area contributed by atoms with Gasteiger partial charge in [0.05, 0.1) is 16.8 Å². The second-order valence-electron chi connectivity index (χ2n) is 5.38. The van der Waals surface area contributed by atoms with Crippen molar-refractivity contribution in [3.63, 3.8) is 0 Å². The Kier molecular flexibility index (Phi) is 5.63. The standard InChI is InChI=1S/C16H20N2O4S2/c1-14-8-10-16(11-9-14)24(21,22)17-12-13-18(23(2,19)20)15-6-4-3-5-7-15/h3-11,17H,12-13H2,1-2H3. The molecule has 2 rings (SSSR count). The van der Waals surface area contributed by atoms with Crippen molar-refractivity contribution >= 4 is 25.7 Å². The number of anilines is 1. The molecule has 0 radical (unpaired) electrons. The summed E-state index contributed by atoms with van der Waals surface area (Å²) in [6.07, 6.45) is 1.09. The third-order valence-corrected chi connectivity index (χ3v) is 6.05. The van der Waals surface area contributed by atoms with Gasteiger partial charge in [0, 0.05) is 13.1 Å². The van der Waals surface area contributed by atoms with Crippen LogP contribution in [-0.4, -0.2) is 36.2 Å². The molecule has 24 heavy (non-hydrogen) atoms. The molecule has 2 aromatic carbocycles. The molecular formula is C16H20N2O4S2. The summed E-state index contributed by atoms with van der Waals surface area (Å²) in [7, 11) is -7.18. The summed E-state index contributed by atoms with van der Waals surface area (Å²) in [5, 5.41) is 0. The van der Waals surface area contributed by atoms with E-state index in [-0.39, 0.29) is 18.0 Å². The minimum absolute atomic E-state index is 0.00788. The van der Waals surface area contributed by atoms with E-state index in [4.69, 9.17) is 0 Å². The number of aryl methyl sites for hydroxylation is 1. The molecular weight excluding hydrogens is 348 g/mol. The molecule has 0 saturated heterocycles. The van der Waals surface area contributed by atoms with E-state index >= 15 is 0 Å². The maximum absolute atomic E-state index is 12.2. The lowest BCUT2D eigenvalue weighted by molar-refractivity contribution is 0.578. The van der Waals surface area contributed by atoms with Crippen molar-refractivity contribution in [1.29, 1.82) is 0 Å². The molecule has 6 nitrogen and oxygen atoms in total. The van der Waals surface area contributed by atoms with E-state index in [0.29, 0.717) is 5.69 Å². The smallest absolute Gasteiger partial charge is 0.240 e. The number of rotatable bonds is 7. The van der Waals surface area contributed by atoms with Crippen molar-refractivity contribution in [2.75, 3.05) is 23.7 Å². The van der Waals surface area contributed by atoms with Crippen LogP contribution in [0.2, 0.25) is 0 Å². The Bertz CT molecular complexity index is 877. The Labute approximate surface area is 143 Å². The largest absolute Gasteiger partial charge is 0.269 e. The maximum Gasteiger partial charge on any atom is 0.240 e. The lowest BCUT2D eigenvalue weighted by Gasteiger charge is -2.22. The molecule has 0 aliphatic heterocycles. The van der Waals surface area contributed by atoms with Crippen LogP contribution in [0, 0.1) is 6.92 Å². The highest BCUT2D eigenvalue weighted by Crippen LogP contribution is 2.16. The molecule has 1 N–H and O–H groups in total. The van der Waals surface area contributed by atoms with Gasteiger partial charge >= 0.3 is 0 Å². The van der Waals surface area contributed by atoms with Gasteiger partial charge in [-0.2, -0.15) is 0 Å². The molecule has 2 aromatic rings. The molecule has 0 bridgehead atoms. The van der Waals surface area contributed by atoms with Crippen LogP contribution < -0.4 is 9.03 Å². The van der Waals surface area contributed by atoms with Gasteiger partial charge in [-0.15, -0.1) is 0 Å². The van der Waals surface area contributed by atoms with E-state index in [1.807, 2.05) is 6.92 Å². The van der Waals surface area contributed by atoms with Crippen molar-refractivity contribution in [3.05, 3.63) is 60.2 Å². The van der Waals surface area contributed by atoms with Gasteiger partial charge < -0.3 is 0 Å². The molecule has 0 aliphatic carbocycles. The van der Waals surface area contributed by atoms with E-state index in [9.17, 15) is 16.8 Å². The number of hydrogen-bond acceptors (Lipinski definition) is 4. The highest BCUT2D eigenvalue weighted by Gasteiger charge is 2.19. The van der Waals surface area contributed by atoms with Gasteiger partial charge in [-0.1, -0.05) is 35.9 Å². The summed E-state index contributed by atoms with van der Waals surface area (Å²) in [5.41, 5.74) is 1.45. The Balaban J connectivity index is 2.09. The van der Waals surface area contributed by atoms with Crippen molar-refractivity contribution in [1.82, 2.24) is 4.72 Å². The Morgan fingerprint density at radius 3 is 2.04 bits per heavy atom. The zero-order chi connectivity index (χ0) is 17.8. The molecule has 130 valence electrons. The molecule has 0 unspecified atom stereocenters. The molecule has 0 saturated carbocycles. The number of nitrogens with one attached hydrogen (secondary N) is 1. The predicted octanol–water partition coefficient (Wildman–Crippen LogP) is 1.74. The lowest BCUT2D eigenvalue weighted by Crippen LogP contribution is -2.38. The van der Waals surface area contributed by atoms with Gasteiger partial charge in [0.2, 0.25) is 20.0 Å². The summed E-state index contributed by atoms with van der Waals surface area (Å²) in [6, 6.07) is 15.0. The molecule has 0 fully saturated rings. The average molecular weight is 368 g/mol. The first-order chi connectivity index (χ1) is 11.2. The summed E-state index contributed by atoms with van der Waals surface area (Å²) >= 11 is 0. The minimum atomic E-state index is -3.67. The fourth-order valence-electron chi connectivity index (χ4n) is 2.16. The van der Waals surface area contributed by atoms with Crippen molar-refractivity contribution in [2.45, 2.75) is 11.8 Å². The SMILES string of the molecule is Cc1ccc(S(=O)(=O)NCCN(c2ccccc2)S(C)(=O)=O)cc1.